The number of hydrogen-bond donors (Lipinski definition) is 0. The molecule has 4 nitrogen and oxygen atoms in total. The van der Waals surface area contributed by atoms with E-state index in [4.69, 9.17) is 4.74 Å². The molecule has 0 unspecified atom stereocenters. The smallest absolute Gasteiger partial charge is 0.200 e. The van der Waals surface area contributed by atoms with Gasteiger partial charge in [-0.1, -0.05) is 12.1 Å². The van der Waals surface area contributed by atoms with Crippen LogP contribution < -0.4 is 4.74 Å². The van der Waals surface area contributed by atoms with E-state index in [-0.39, 0.29) is 11.7 Å². The molecule has 1 saturated carbocycles. The molecule has 4 rings (SSSR count). The normalized spacial score (nSPS) is 18.2. The van der Waals surface area contributed by atoms with E-state index in [2.05, 4.69) is 21.5 Å². The molecule has 0 radical (unpaired) electrons. The highest BCUT2D eigenvalue weighted by molar-refractivity contribution is 5.53. The van der Waals surface area contributed by atoms with Crippen LogP contribution in [0.4, 0.5) is 8.78 Å². The quantitative estimate of drug-likeness (QED) is 0.356. The number of nitrogens with zero attached hydrogens (tertiary/aromatic N) is 3. The first-order chi connectivity index (χ1) is 16.1. The number of benzene rings is 1. The second kappa shape index (κ2) is 10.6. The second-order valence-electron chi connectivity index (χ2n) is 8.48. The molecule has 1 aromatic carbocycles. The average molecular weight is 450 g/mol. The second-order valence-corrected chi connectivity index (χ2v) is 8.48. The molecule has 0 bridgehead atoms. The molecule has 0 amide bonds. The van der Waals surface area contributed by atoms with Gasteiger partial charge in [-0.2, -0.15) is 4.39 Å². The summed E-state index contributed by atoms with van der Waals surface area (Å²) in [6.07, 6.45) is 12.6. The molecule has 6 heteroatoms. The van der Waals surface area contributed by atoms with Crippen molar-refractivity contribution in [2.45, 2.75) is 57.3 Å². The van der Waals surface area contributed by atoms with Gasteiger partial charge in [0.1, 0.15) is 0 Å². The van der Waals surface area contributed by atoms with Crippen molar-refractivity contribution in [1.29, 1.82) is 0 Å². The Kier molecular flexibility index (Phi) is 7.43. The monoisotopic (exact) mass is 449 g/mol. The van der Waals surface area contributed by atoms with Crippen LogP contribution in [-0.4, -0.2) is 21.6 Å². The van der Waals surface area contributed by atoms with Gasteiger partial charge >= 0.3 is 0 Å². The fourth-order valence-electron chi connectivity index (χ4n) is 4.51. The van der Waals surface area contributed by atoms with Gasteiger partial charge in [0, 0.05) is 35.8 Å². The molecule has 3 aromatic rings. The van der Waals surface area contributed by atoms with Crippen LogP contribution in [0.3, 0.4) is 0 Å². The molecule has 2 heterocycles. The third-order valence-electron chi connectivity index (χ3n) is 6.35. The van der Waals surface area contributed by atoms with Crippen LogP contribution >= 0.6 is 0 Å². The minimum atomic E-state index is -0.885. The minimum absolute atomic E-state index is 0.0127. The lowest BCUT2D eigenvalue weighted by Gasteiger charge is -2.29. The van der Waals surface area contributed by atoms with Crippen molar-refractivity contribution >= 4 is 0 Å². The summed E-state index contributed by atoms with van der Waals surface area (Å²) < 4.78 is 34.0. The Morgan fingerprint density at radius 2 is 1.67 bits per heavy atom. The summed E-state index contributed by atoms with van der Waals surface area (Å²) in [6, 6.07) is 7.25. The maximum atomic E-state index is 14.6. The van der Waals surface area contributed by atoms with Crippen LogP contribution in [0.5, 0.6) is 5.75 Å². The van der Waals surface area contributed by atoms with E-state index in [0.717, 1.165) is 55.3 Å². The van der Waals surface area contributed by atoms with E-state index in [0.29, 0.717) is 23.9 Å². The highest BCUT2D eigenvalue weighted by Crippen LogP contribution is 2.41. The Balaban J connectivity index is 1.38. The van der Waals surface area contributed by atoms with E-state index in [1.807, 2.05) is 36.8 Å². The van der Waals surface area contributed by atoms with Crippen molar-refractivity contribution in [3.05, 3.63) is 84.0 Å². The van der Waals surface area contributed by atoms with Gasteiger partial charge < -0.3 is 4.74 Å². The van der Waals surface area contributed by atoms with Crippen molar-refractivity contribution in [2.75, 3.05) is 6.61 Å². The number of pyridine rings is 1. The number of aromatic nitrogens is 3. The van der Waals surface area contributed by atoms with Crippen molar-refractivity contribution in [3.8, 4) is 17.1 Å². The lowest BCUT2D eigenvalue weighted by atomic mass is 9.77. The summed E-state index contributed by atoms with van der Waals surface area (Å²) in [5, 5.41) is 0. The minimum Gasteiger partial charge on any atom is -0.491 e. The summed E-state index contributed by atoms with van der Waals surface area (Å²) in [4.78, 5) is 13.6. The molecule has 1 fully saturated rings. The van der Waals surface area contributed by atoms with E-state index in [9.17, 15) is 8.78 Å². The molecule has 1 aliphatic rings. The maximum absolute atomic E-state index is 14.6. The highest BCUT2D eigenvalue weighted by Gasteiger charge is 2.28. The van der Waals surface area contributed by atoms with E-state index < -0.39 is 11.6 Å². The molecule has 0 aliphatic heterocycles. The van der Waals surface area contributed by atoms with Gasteiger partial charge in [-0.3, -0.25) is 4.98 Å². The first kappa shape index (κ1) is 23.0. The summed E-state index contributed by atoms with van der Waals surface area (Å²) in [5.74, 6) is -0.695. The van der Waals surface area contributed by atoms with Crippen molar-refractivity contribution in [3.63, 3.8) is 0 Å². The van der Waals surface area contributed by atoms with Crippen LogP contribution in [0.25, 0.3) is 11.4 Å². The third-order valence-corrected chi connectivity index (χ3v) is 6.35. The molecule has 1 aliphatic carbocycles. The zero-order chi connectivity index (χ0) is 23.2. The van der Waals surface area contributed by atoms with Gasteiger partial charge in [-0.15, -0.1) is 6.58 Å². The zero-order valence-corrected chi connectivity index (χ0v) is 18.9. The Morgan fingerprint density at radius 1 is 0.939 bits per heavy atom. The number of aryl methyl sites for hydroxylation is 1. The van der Waals surface area contributed by atoms with Crippen molar-refractivity contribution in [2.24, 2.45) is 0 Å². The van der Waals surface area contributed by atoms with Crippen LogP contribution in [0.2, 0.25) is 0 Å². The first-order valence-electron chi connectivity index (χ1n) is 11.6. The van der Waals surface area contributed by atoms with E-state index in [1.165, 1.54) is 6.07 Å². The average Bonchev–Trinajstić information content (AvgIpc) is 2.86. The largest absolute Gasteiger partial charge is 0.491 e. The molecule has 2 aromatic heterocycles. The molecule has 172 valence electrons. The molecule has 0 saturated heterocycles. The van der Waals surface area contributed by atoms with Gasteiger partial charge in [-0.25, -0.2) is 14.4 Å². The highest BCUT2D eigenvalue weighted by atomic mass is 19.2. The van der Waals surface area contributed by atoms with Crippen LogP contribution in [0.15, 0.2) is 55.5 Å². The van der Waals surface area contributed by atoms with Gasteiger partial charge in [0.05, 0.1) is 6.61 Å². The van der Waals surface area contributed by atoms with E-state index in [1.54, 1.807) is 13.0 Å². The Labute approximate surface area is 193 Å². The van der Waals surface area contributed by atoms with Gasteiger partial charge in [0.2, 0.25) is 5.82 Å². The standard InChI is InChI=1S/C27H29F2N3O/c1-3-5-6-18-15-31-27(32-16-18)21-11-13-23(30-17-21)20-9-7-19(8-10-20)22-12-14-24(33-4-2)26(29)25(22)28/h3,11-17,19-20H,1,4-10H2,2H3. The molecular weight excluding hydrogens is 420 g/mol. The summed E-state index contributed by atoms with van der Waals surface area (Å²) in [5.41, 5.74) is 3.45. The van der Waals surface area contributed by atoms with E-state index >= 15 is 0 Å². The fraction of sp³-hybridized carbons (Fsp3) is 0.370. The Morgan fingerprint density at radius 3 is 2.30 bits per heavy atom. The fourth-order valence-corrected chi connectivity index (χ4v) is 4.51. The van der Waals surface area contributed by atoms with Crippen molar-refractivity contribution < 1.29 is 13.5 Å². The van der Waals surface area contributed by atoms with Crippen LogP contribution in [0.1, 0.15) is 67.7 Å². The van der Waals surface area contributed by atoms with Crippen LogP contribution in [-0.2, 0) is 6.42 Å². The van der Waals surface area contributed by atoms with Gasteiger partial charge in [0.25, 0.3) is 0 Å². The summed E-state index contributed by atoms with van der Waals surface area (Å²) in [7, 11) is 0. The molecule has 0 N–H and O–H groups in total. The lowest BCUT2D eigenvalue weighted by Crippen LogP contribution is -2.15. The zero-order valence-electron chi connectivity index (χ0n) is 18.9. The SMILES string of the molecule is C=CCCc1cnc(-c2ccc(C3CCC(c4ccc(OCC)c(F)c4F)CC3)nc2)nc1. The molecule has 33 heavy (non-hydrogen) atoms. The van der Waals surface area contributed by atoms with Crippen LogP contribution in [0, 0.1) is 11.6 Å². The Bertz CT molecular complexity index is 1080. The Hall–Kier alpha value is -3.15. The lowest BCUT2D eigenvalue weighted by molar-refractivity contribution is 0.310. The summed E-state index contributed by atoms with van der Waals surface area (Å²) >= 11 is 0. The summed E-state index contributed by atoms with van der Waals surface area (Å²) in [6.45, 7) is 5.79. The first-order valence-corrected chi connectivity index (χ1v) is 11.6. The number of rotatable bonds is 8. The third kappa shape index (κ3) is 5.27. The maximum Gasteiger partial charge on any atom is 0.200 e. The number of halogens is 2. The number of hydrogen-bond acceptors (Lipinski definition) is 4. The molecule has 0 atom stereocenters. The number of ether oxygens (including phenoxy) is 1. The predicted octanol–water partition coefficient (Wildman–Crippen LogP) is 6.78. The number of allylic oxidation sites excluding steroid dienone is 1. The van der Waals surface area contributed by atoms with Crippen molar-refractivity contribution in [1.82, 2.24) is 15.0 Å². The predicted molar refractivity (Wildman–Crippen MR) is 125 cm³/mol. The topological polar surface area (TPSA) is 47.9 Å². The van der Waals surface area contributed by atoms with Gasteiger partial charge in [0.15, 0.2) is 17.4 Å². The van der Waals surface area contributed by atoms with Gasteiger partial charge in [-0.05, 0) is 80.7 Å². The molecular formula is C27H29F2N3O. The molecule has 0 spiro atoms.